The first kappa shape index (κ1) is 13.2. The van der Waals surface area contributed by atoms with E-state index in [1.54, 1.807) is 11.8 Å². The van der Waals surface area contributed by atoms with Gasteiger partial charge in [0.1, 0.15) is 5.75 Å². The summed E-state index contributed by atoms with van der Waals surface area (Å²) < 4.78 is 6.90. The molecule has 0 saturated heterocycles. The third kappa shape index (κ3) is 2.58. The first-order chi connectivity index (χ1) is 10.2. The van der Waals surface area contributed by atoms with E-state index in [1.807, 2.05) is 55.5 Å². The van der Waals surface area contributed by atoms with E-state index >= 15 is 0 Å². The molecule has 0 saturated carbocycles. The van der Waals surface area contributed by atoms with Crippen LogP contribution in [0.2, 0.25) is 0 Å². The van der Waals surface area contributed by atoms with Crippen molar-refractivity contribution in [2.45, 2.75) is 6.92 Å². The van der Waals surface area contributed by atoms with Gasteiger partial charge in [-0.1, -0.05) is 29.8 Å². The van der Waals surface area contributed by atoms with Crippen molar-refractivity contribution in [3.8, 4) is 22.8 Å². The zero-order valence-corrected chi connectivity index (χ0v) is 11.9. The van der Waals surface area contributed by atoms with E-state index in [1.165, 1.54) is 5.56 Å². The summed E-state index contributed by atoms with van der Waals surface area (Å²) in [6, 6.07) is 15.7. The molecule has 2 aromatic carbocycles. The normalized spacial score (nSPS) is 10.6. The largest absolute Gasteiger partial charge is 0.497 e. The topological polar surface area (TPSA) is 66.0 Å². The van der Waals surface area contributed by atoms with Crippen LogP contribution >= 0.6 is 0 Å². The minimum atomic E-state index is 0.251. The third-order valence-electron chi connectivity index (χ3n) is 3.25. The van der Waals surface area contributed by atoms with Crippen molar-refractivity contribution in [2.75, 3.05) is 12.8 Å². The highest BCUT2D eigenvalue weighted by atomic mass is 16.5. The van der Waals surface area contributed by atoms with Crippen molar-refractivity contribution < 1.29 is 4.74 Å². The van der Waals surface area contributed by atoms with Crippen molar-refractivity contribution in [3.05, 3.63) is 54.1 Å². The molecule has 0 radical (unpaired) electrons. The van der Waals surface area contributed by atoms with Gasteiger partial charge in [0.15, 0.2) is 5.82 Å². The number of ether oxygens (including phenoxy) is 1. The molecule has 0 bridgehead atoms. The van der Waals surface area contributed by atoms with Gasteiger partial charge in [-0.2, -0.15) is 4.98 Å². The lowest BCUT2D eigenvalue weighted by atomic mass is 10.1. The summed E-state index contributed by atoms with van der Waals surface area (Å²) >= 11 is 0. The quantitative estimate of drug-likeness (QED) is 0.801. The van der Waals surface area contributed by atoms with Crippen LogP contribution in [0.5, 0.6) is 5.75 Å². The van der Waals surface area contributed by atoms with Crippen LogP contribution in [0.25, 0.3) is 17.1 Å². The van der Waals surface area contributed by atoms with Gasteiger partial charge in [-0.3, -0.25) is 0 Å². The zero-order valence-electron chi connectivity index (χ0n) is 11.9. The molecule has 0 fully saturated rings. The van der Waals surface area contributed by atoms with E-state index in [0.29, 0.717) is 0 Å². The van der Waals surface area contributed by atoms with Gasteiger partial charge in [-0.25, -0.2) is 4.68 Å². The van der Waals surface area contributed by atoms with Gasteiger partial charge in [0.05, 0.1) is 12.8 Å². The second-order valence-electron chi connectivity index (χ2n) is 4.77. The number of hydrogen-bond acceptors (Lipinski definition) is 4. The molecule has 106 valence electrons. The van der Waals surface area contributed by atoms with Gasteiger partial charge >= 0.3 is 0 Å². The van der Waals surface area contributed by atoms with Crippen LogP contribution in [0.3, 0.4) is 0 Å². The number of hydrogen-bond donors (Lipinski definition) is 1. The molecule has 5 nitrogen and oxygen atoms in total. The first-order valence-electron chi connectivity index (χ1n) is 6.61. The minimum absolute atomic E-state index is 0.251. The molecule has 0 aliphatic carbocycles. The van der Waals surface area contributed by atoms with Crippen LogP contribution in [0.1, 0.15) is 5.56 Å². The van der Waals surface area contributed by atoms with Gasteiger partial charge in [-0.05, 0) is 31.2 Å². The predicted molar refractivity (Wildman–Crippen MR) is 82.5 cm³/mol. The molecular formula is C16H16N4O. The molecule has 1 heterocycles. The highest BCUT2D eigenvalue weighted by Crippen LogP contribution is 2.23. The average Bonchev–Trinajstić information content (AvgIpc) is 2.90. The number of rotatable bonds is 3. The second kappa shape index (κ2) is 5.28. The number of anilines is 1. The van der Waals surface area contributed by atoms with E-state index in [4.69, 9.17) is 10.5 Å². The maximum absolute atomic E-state index is 5.77. The fourth-order valence-electron chi connectivity index (χ4n) is 2.12. The van der Waals surface area contributed by atoms with E-state index in [9.17, 15) is 0 Å². The Morgan fingerprint density at radius 1 is 1.00 bits per heavy atom. The summed E-state index contributed by atoms with van der Waals surface area (Å²) in [5.74, 6) is 1.77. The third-order valence-corrected chi connectivity index (χ3v) is 3.25. The molecule has 0 aliphatic heterocycles. The Bertz CT molecular complexity index is 745. The maximum Gasteiger partial charge on any atom is 0.240 e. The molecular weight excluding hydrogens is 264 g/mol. The fourth-order valence-corrected chi connectivity index (χ4v) is 2.12. The Morgan fingerprint density at radius 2 is 1.67 bits per heavy atom. The highest BCUT2D eigenvalue weighted by molar-refractivity contribution is 5.60. The number of nitrogens with zero attached hydrogens (tertiary/aromatic N) is 3. The molecule has 3 rings (SSSR count). The van der Waals surface area contributed by atoms with Crippen LogP contribution in [0.4, 0.5) is 5.95 Å². The van der Waals surface area contributed by atoms with E-state index in [0.717, 1.165) is 22.8 Å². The molecule has 3 aromatic rings. The summed E-state index contributed by atoms with van der Waals surface area (Å²) in [5.41, 5.74) is 8.83. The van der Waals surface area contributed by atoms with E-state index in [2.05, 4.69) is 10.1 Å². The summed E-state index contributed by atoms with van der Waals surface area (Å²) in [6.45, 7) is 2.05. The standard InChI is InChI=1S/C16H16N4O/c1-11-3-5-12(6-4-11)15-18-16(17)19-20(15)13-7-9-14(21-2)10-8-13/h3-10H,1-2H3,(H2,17,19). The van der Waals surface area contributed by atoms with Crippen molar-refractivity contribution in [2.24, 2.45) is 0 Å². The number of benzene rings is 2. The molecule has 2 N–H and O–H groups in total. The van der Waals surface area contributed by atoms with Crippen LogP contribution in [0.15, 0.2) is 48.5 Å². The smallest absolute Gasteiger partial charge is 0.240 e. The Morgan fingerprint density at radius 3 is 2.29 bits per heavy atom. The minimum Gasteiger partial charge on any atom is -0.497 e. The molecule has 0 unspecified atom stereocenters. The Balaban J connectivity index is 2.08. The number of nitrogens with two attached hydrogens (primary N) is 1. The van der Waals surface area contributed by atoms with Crippen molar-refractivity contribution in [1.82, 2.24) is 14.8 Å². The molecule has 0 amide bonds. The van der Waals surface area contributed by atoms with E-state index < -0.39 is 0 Å². The summed E-state index contributed by atoms with van der Waals surface area (Å²) in [5, 5.41) is 4.28. The van der Waals surface area contributed by atoms with Crippen LogP contribution in [-0.4, -0.2) is 21.9 Å². The van der Waals surface area contributed by atoms with Crippen LogP contribution < -0.4 is 10.5 Å². The van der Waals surface area contributed by atoms with Gasteiger partial charge in [0, 0.05) is 5.56 Å². The number of aromatic nitrogens is 3. The van der Waals surface area contributed by atoms with Crippen LogP contribution in [-0.2, 0) is 0 Å². The van der Waals surface area contributed by atoms with Gasteiger partial charge < -0.3 is 10.5 Å². The molecule has 21 heavy (non-hydrogen) atoms. The van der Waals surface area contributed by atoms with Gasteiger partial charge in [-0.15, -0.1) is 5.10 Å². The monoisotopic (exact) mass is 280 g/mol. The SMILES string of the molecule is COc1ccc(-n2nc(N)nc2-c2ccc(C)cc2)cc1. The molecule has 1 aromatic heterocycles. The van der Waals surface area contributed by atoms with E-state index in [-0.39, 0.29) is 5.95 Å². The highest BCUT2D eigenvalue weighted by Gasteiger charge is 2.12. The molecule has 0 atom stereocenters. The van der Waals surface area contributed by atoms with Crippen molar-refractivity contribution in [1.29, 1.82) is 0 Å². The van der Waals surface area contributed by atoms with Gasteiger partial charge in [0.2, 0.25) is 5.95 Å². The second-order valence-corrected chi connectivity index (χ2v) is 4.77. The maximum atomic E-state index is 5.77. The molecule has 5 heteroatoms. The van der Waals surface area contributed by atoms with Gasteiger partial charge in [0.25, 0.3) is 0 Å². The molecule has 0 aliphatic rings. The Kier molecular flexibility index (Phi) is 3.31. The lowest BCUT2D eigenvalue weighted by Crippen LogP contribution is -2.00. The average molecular weight is 280 g/mol. The Labute approximate surface area is 123 Å². The lowest BCUT2D eigenvalue weighted by molar-refractivity contribution is 0.414. The number of aryl methyl sites for hydroxylation is 1. The number of nitrogen functional groups attached to an aromatic ring is 1. The molecule has 0 spiro atoms. The summed E-state index contributed by atoms with van der Waals surface area (Å²) in [4.78, 5) is 4.33. The summed E-state index contributed by atoms with van der Waals surface area (Å²) in [6.07, 6.45) is 0. The number of methoxy groups -OCH3 is 1. The van der Waals surface area contributed by atoms with Crippen LogP contribution in [0, 0.1) is 6.92 Å². The van der Waals surface area contributed by atoms with Crippen molar-refractivity contribution in [3.63, 3.8) is 0 Å². The lowest BCUT2D eigenvalue weighted by Gasteiger charge is -2.07. The van der Waals surface area contributed by atoms with Crippen molar-refractivity contribution >= 4 is 5.95 Å². The summed E-state index contributed by atoms with van der Waals surface area (Å²) in [7, 11) is 1.64. The zero-order chi connectivity index (χ0) is 14.8. The fraction of sp³-hybridized carbons (Fsp3) is 0.125. The predicted octanol–water partition coefficient (Wildman–Crippen LogP) is 2.83. The first-order valence-corrected chi connectivity index (χ1v) is 6.61. The Hall–Kier alpha value is -2.82.